The van der Waals surface area contributed by atoms with E-state index in [1.807, 2.05) is 30.3 Å². The predicted molar refractivity (Wildman–Crippen MR) is 70.8 cm³/mol. The molecular weight excluding hydrogens is 282 g/mol. The van der Waals surface area contributed by atoms with Gasteiger partial charge in [0, 0.05) is 17.7 Å². The van der Waals surface area contributed by atoms with Gasteiger partial charge in [-0.1, -0.05) is 18.2 Å². The first-order valence-electron chi connectivity index (χ1n) is 5.10. The Morgan fingerprint density at radius 2 is 2.06 bits per heavy atom. The summed E-state index contributed by atoms with van der Waals surface area (Å²) in [5.74, 6) is -0.179. The van der Waals surface area contributed by atoms with Gasteiger partial charge in [-0.2, -0.15) is 0 Å². The summed E-state index contributed by atoms with van der Waals surface area (Å²) in [7, 11) is 1.80. The van der Waals surface area contributed by atoms with Gasteiger partial charge in [0.15, 0.2) is 0 Å². The van der Waals surface area contributed by atoms with Gasteiger partial charge in [-0.3, -0.25) is 15.2 Å². The van der Waals surface area contributed by atoms with Crippen molar-refractivity contribution in [1.29, 1.82) is 0 Å². The van der Waals surface area contributed by atoms with Gasteiger partial charge in [0.2, 0.25) is 0 Å². The summed E-state index contributed by atoms with van der Waals surface area (Å²) in [5.41, 5.74) is 4.20. The number of nitrogens with one attached hydrogen (secondary N) is 2. The van der Waals surface area contributed by atoms with E-state index in [1.54, 1.807) is 24.3 Å². The van der Waals surface area contributed by atoms with Crippen LogP contribution < -0.4 is 10.4 Å². The molecule has 1 aromatic carbocycles. The van der Waals surface area contributed by atoms with E-state index in [1.165, 1.54) is 0 Å². The van der Waals surface area contributed by atoms with Crippen LogP contribution in [-0.2, 0) is 0 Å². The molecule has 0 aliphatic heterocycles. The fourth-order valence-corrected chi connectivity index (χ4v) is 1.77. The minimum Gasteiger partial charge on any atom is -0.356 e. The first-order chi connectivity index (χ1) is 8.16. The second kappa shape index (κ2) is 5.05. The molecule has 0 atom stereocenters. The van der Waals surface area contributed by atoms with E-state index in [0.29, 0.717) is 5.69 Å². The summed E-state index contributed by atoms with van der Waals surface area (Å²) in [4.78, 5) is 14.7. The molecule has 2 aromatic rings. The van der Waals surface area contributed by atoms with Crippen molar-refractivity contribution in [1.82, 2.24) is 10.4 Å². The van der Waals surface area contributed by atoms with Gasteiger partial charge in [0.05, 0.1) is 5.69 Å². The van der Waals surface area contributed by atoms with Crippen molar-refractivity contribution in [3.8, 4) is 0 Å². The first kappa shape index (κ1) is 11.7. The van der Waals surface area contributed by atoms with E-state index in [-0.39, 0.29) is 5.91 Å². The Bertz CT molecular complexity index is 509. The van der Waals surface area contributed by atoms with Crippen LogP contribution in [-0.4, -0.2) is 17.9 Å². The minimum absolute atomic E-state index is 0.179. The Hall–Kier alpha value is -1.75. The summed E-state index contributed by atoms with van der Waals surface area (Å²) >= 11 is 3.29. The number of aromatic nitrogens is 1. The number of hydrogen-bond acceptors (Lipinski definition) is 2. The smallest absolute Gasteiger partial charge is 0.286 e. The largest absolute Gasteiger partial charge is 0.356 e. The number of para-hydroxylation sites is 1. The molecule has 0 aliphatic carbocycles. The first-order valence-corrected chi connectivity index (χ1v) is 5.90. The van der Waals surface area contributed by atoms with Crippen LogP contribution >= 0.6 is 15.9 Å². The molecule has 5 heteroatoms. The van der Waals surface area contributed by atoms with Crippen molar-refractivity contribution in [2.24, 2.45) is 0 Å². The van der Waals surface area contributed by atoms with Crippen molar-refractivity contribution in [2.45, 2.75) is 0 Å². The minimum atomic E-state index is -0.179. The van der Waals surface area contributed by atoms with E-state index in [4.69, 9.17) is 0 Å². The molecule has 2 N–H and O–H groups in total. The molecular formula is C12H12BrN3O. The standard InChI is InChI=1S/C12H12BrN3O/c1-16(10-5-3-2-4-6-10)15-12(17)11-7-9(13)8-14-11/h2-8,14H,1H3,(H,15,17). The number of carbonyl (C=O) groups is 1. The molecule has 17 heavy (non-hydrogen) atoms. The molecule has 1 aromatic heterocycles. The Balaban J connectivity index is 2.04. The molecule has 1 amide bonds. The van der Waals surface area contributed by atoms with Crippen molar-refractivity contribution >= 4 is 27.5 Å². The number of benzene rings is 1. The molecule has 0 spiro atoms. The third kappa shape index (κ3) is 2.88. The van der Waals surface area contributed by atoms with Gasteiger partial charge < -0.3 is 4.98 Å². The lowest BCUT2D eigenvalue weighted by Crippen LogP contribution is -2.39. The fraction of sp³-hybridized carbons (Fsp3) is 0.0833. The average molecular weight is 294 g/mol. The van der Waals surface area contributed by atoms with Crippen LogP contribution in [0.5, 0.6) is 0 Å². The fourth-order valence-electron chi connectivity index (χ4n) is 1.43. The highest BCUT2D eigenvalue weighted by Crippen LogP contribution is 2.12. The van der Waals surface area contributed by atoms with Crippen molar-refractivity contribution in [2.75, 3.05) is 12.1 Å². The van der Waals surface area contributed by atoms with Crippen LogP contribution in [0.15, 0.2) is 47.1 Å². The number of amides is 1. The maximum Gasteiger partial charge on any atom is 0.286 e. The zero-order chi connectivity index (χ0) is 12.3. The van der Waals surface area contributed by atoms with E-state index < -0.39 is 0 Å². The van der Waals surface area contributed by atoms with Crippen LogP contribution in [0.2, 0.25) is 0 Å². The number of nitrogens with zero attached hydrogens (tertiary/aromatic N) is 1. The van der Waals surface area contributed by atoms with Crippen LogP contribution in [0, 0.1) is 0 Å². The number of rotatable bonds is 3. The van der Waals surface area contributed by atoms with Crippen molar-refractivity contribution in [3.63, 3.8) is 0 Å². The molecule has 0 fully saturated rings. The van der Waals surface area contributed by atoms with Gasteiger partial charge in [-0.25, -0.2) is 0 Å². The van der Waals surface area contributed by atoms with E-state index in [0.717, 1.165) is 10.2 Å². The summed E-state index contributed by atoms with van der Waals surface area (Å²) in [5, 5.41) is 1.68. The zero-order valence-corrected chi connectivity index (χ0v) is 10.9. The Kier molecular flexibility index (Phi) is 3.49. The van der Waals surface area contributed by atoms with Crippen LogP contribution in [0.3, 0.4) is 0 Å². The second-order valence-electron chi connectivity index (χ2n) is 3.57. The molecule has 4 nitrogen and oxygen atoms in total. The zero-order valence-electron chi connectivity index (χ0n) is 9.27. The summed E-state index contributed by atoms with van der Waals surface area (Å²) < 4.78 is 0.852. The highest BCUT2D eigenvalue weighted by molar-refractivity contribution is 9.10. The Labute approximate surface area is 108 Å². The molecule has 0 aliphatic rings. The van der Waals surface area contributed by atoms with Crippen molar-refractivity contribution in [3.05, 3.63) is 52.8 Å². The van der Waals surface area contributed by atoms with Crippen LogP contribution in [0.1, 0.15) is 10.5 Å². The Morgan fingerprint density at radius 3 is 2.65 bits per heavy atom. The van der Waals surface area contributed by atoms with E-state index in [9.17, 15) is 4.79 Å². The maximum atomic E-state index is 11.8. The molecule has 0 bridgehead atoms. The number of carbonyl (C=O) groups excluding carboxylic acids is 1. The number of halogens is 1. The van der Waals surface area contributed by atoms with E-state index >= 15 is 0 Å². The van der Waals surface area contributed by atoms with Crippen LogP contribution in [0.4, 0.5) is 5.69 Å². The third-order valence-corrected chi connectivity index (χ3v) is 2.76. The van der Waals surface area contributed by atoms with Gasteiger partial charge in [0.1, 0.15) is 5.69 Å². The van der Waals surface area contributed by atoms with Gasteiger partial charge in [-0.15, -0.1) is 0 Å². The lowest BCUT2D eigenvalue weighted by atomic mass is 10.3. The summed E-state index contributed by atoms with van der Waals surface area (Å²) in [6, 6.07) is 11.3. The summed E-state index contributed by atoms with van der Waals surface area (Å²) in [6.45, 7) is 0. The quantitative estimate of drug-likeness (QED) is 0.855. The maximum absolute atomic E-state index is 11.8. The SMILES string of the molecule is CN(NC(=O)c1cc(Br)c[nH]1)c1ccccc1. The molecule has 0 radical (unpaired) electrons. The predicted octanol–water partition coefficient (Wildman–Crippen LogP) is 2.56. The van der Waals surface area contributed by atoms with Gasteiger partial charge in [-0.05, 0) is 34.1 Å². The number of hydrazine groups is 1. The second-order valence-corrected chi connectivity index (χ2v) is 4.48. The highest BCUT2D eigenvalue weighted by atomic mass is 79.9. The number of anilines is 1. The average Bonchev–Trinajstić information content (AvgIpc) is 2.77. The normalized spacial score (nSPS) is 10.0. The monoisotopic (exact) mass is 293 g/mol. The Morgan fingerprint density at radius 1 is 1.35 bits per heavy atom. The number of hydrogen-bond donors (Lipinski definition) is 2. The molecule has 0 unspecified atom stereocenters. The van der Waals surface area contributed by atoms with Crippen LogP contribution in [0.25, 0.3) is 0 Å². The highest BCUT2D eigenvalue weighted by Gasteiger charge is 2.10. The molecule has 88 valence electrons. The number of aromatic amines is 1. The lowest BCUT2D eigenvalue weighted by molar-refractivity contribution is 0.0947. The van der Waals surface area contributed by atoms with Crippen molar-refractivity contribution < 1.29 is 4.79 Å². The third-order valence-electron chi connectivity index (χ3n) is 2.31. The van der Waals surface area contributed by atoms with Gasteiger partial charge in [0.25, 0.3) is 5.91 Å². The summed E-state index contributed by atoms with van der Waals surface area (Å²) in [6.07, 6.45) is 1.72. The number of H-pyrrole nitrogens is 1. The topological polar surface area (TPSA) is 48.1 Å². The molecule has 2 rings (SSSR count). The lowest BCUT2D eigenvalue weighted by Gasteiger charge is -2.19. The van der Waals surface area contributed by atoms with E-state index in [2.05, 4.69) is 26.3 Å². The van der Waals surface area contributed by atoms with Gasteiger partial charge >= 0.3 is 0 Å². The molecule has 0 saturated carbocycles. The molecule has 1 heterocycles. The molecule has 0 saturated heterocycles.